The number of pyridine rings is 1. The molecule has 4 fully saturated rings. The van der Waals surface area contributed by atoms with Crippen LogP contribution in [0.5, 0.6) is 0 Å². The van der Waals surface area contributed by atoms with Crippen LogP contribution in [0.25, 0.3) is 5.65 Å². The van der Waals surface area contributed by atoms with Crippen molar-refractivity contribution >= 4 is 11.6 Å². The predicted octanol–water partition coefficient (Wildman–Crippen LogP) is 3.08. The molecule has 23 heavy (non-hydrogen) atoms. The minimum atomic E-state index is 0.0383. The summed E-state index contributed by atoms with van der Waals surface area (Å²) in [6.07, 6.45) is 14.7. The monoisotopic (exact) mass is 308 g/mol. The van der Waals surface area contributed by atoms with Gasteiger partial charge in [0.05, 0.1) is 5.56 Å². The van der Waals surface area contributed by atoms with E-state index in [-0.39, 0.29) is 5.91 Å². The van der Waals surface area contributed by atoms with Crippen LogP contribution in [0.1, 0.15) is 48.9 Å². The number of carbonyl (C=O) groups is 1. The van der Waals surface area contributed by atoms with Crippen molar-refractivity contribution in [1.29, 1.82) is 0 Å². The van der Waals surface area contributed by atoms with Gasteiger partial charge in [-0.2, -0.15) is 0 Å². The summed E-state index contributed by atoms with van der Waals surface area (Å²) in [4.78, 5) is 16.6. The molecule has 2 aromatic rings. The van der Waals surface area contributed by atoms with Crippen LogP contribution in [0.4, 0.5) is 0 Å². The Hall–Kier alpha value is -1.84. The van der Waals surface area contributed by atoms with Crippen molar-refractivity contribution in [2.45, 2.75) is 38.5 Å². The van der Waals surface area contributed by atoms with Gasteiger partial charge in [-0.15, -0.1) is 0 Å². The van der Waals surface area contributed by atoms with Crippen molar-refractivity contribution in [2.75, 3.05) is 6.54 Å². The van der Waals surface area contributed by atoms with Crippen LogP contribution in [0.2, 0.25) is 0 Å². The zero-order valence-electron chi connectivity index (χ0n) is 13.3. The molecule has 2 heterocycles. The molecule has 6 rings (SSSR count). The lowest BCUT2D eigenvalue weighted by Crippen LogP contribution is -2.51. The summed E-state index contributed by atoms with van der Waals surface area (Å²) in [7, 11) is 0. The lowest BCUT2D eigenvalue weighted by molar-refractivity contribution is -0.0503. The fraction of sp³-hybridized carbons (Fsp3) is 0.579. The van der Waals surface area contributed by atoms with Crippen LogP contribution in [-0.2, 0) is 0 Å². The molecule has 4 nitrogen and oxygen atoms in total. The molecular formula is C19H22N3O. The third kappa shape index (κ3) is 2.27. The summed E-state index contributed by atoms with van der Waals surface area (Å²) >= 11 is 0. The fourth-order valence-electron chi connectivity index (χ4n) is 5.88. The molecule has 4 bridgehead atoms. The second-order valence-corrected chi connectivity index (χ2v) is 8.15. The Morgan fingerprint density at radius 3 is 2.61 bits per heavy atom. The number of hydrogen-bond acceptors (Lipinski definition) is 2. The van der Waals surface area contributed by atoms with Gasteiger partial charge in [-0.1, -0.05) is 0 Å². The maximum absolute atomic E-state index is 12.5. The second-order valence-electron chi connectivity index (χ2n) is 8.15. The van der Waals surface area contributed by atoms with Gasteiger partial charge in [-0.3, -0.25) is 4.79 Å². The summed E-state index contributed by atoms with van der Waals surface area (Å²) < 4.78 is 1.85. The van der Waals surface area contributed by atoms with E-state index in [4.69, 9.17) is 0 Å². The topological polar surface area (TPSA) is 46.4 Å². The smallest absolute Gasteiger partial charge is 0.252 e. The first-order valence-electron chi connectivity index (χ1n) is 8.82. The van der Waals surface area contributed by atoms with Crippen LogP contribution in [0, 0.1) is 29.4 Å². The Balaban J connectivity index is 1.31. The number of hydrogen-bond donors (Lipinski definition) is 1. The van der Waals surface area contributed by atoms with Crippen molar-refractivity contribution in [3.05, 3.63) is 36.3 Å². The average Bonchev–Trinajstić information content (AvgIpc) is 2.99. The van der Waals surface area contributed by atoms with E-state index in [1.165, 1.54) is 38.5 Å². The Labute approximate surface area is 136 Å². The number of amides is 1. The third-order valence-corrected chi connectivity index (χ3v) is 6.38. The van der Waals surface area contributed by atoms with Gasteiger partial charge < -0.3 is 9.72 Å². The Kier molecular flexibility index (Phi) is 2.85. The summed E-state index contributed by atoms with van der Waals surface area (Å²) in [5, 5.41) is 3.23. The minimum absolute atomic E-state index is 0.0383. The van der Waals surface area contributed by atoms with E-state index in [1.807, 2.05) is 22.7 Å². The van der Waals surface area contributed by atoms with Gasteiger partial charge >= 0.3 is 0 Å². The molecule has 4 saturated carbocycles. The molecule has 0 saturated heterocycles. The van der Waals surface area contributed by atoms with E-state index in [0.717, 1.165) is 29.9 Å². The first-order chi connectivity index (χ1) is 11.2. The molecule has 1 radical (unpaired) electrons. The molecule has 0 unspecified atom stereocenters. The number of fused-ring (bicyclic) bond motifs is 1. The van der Waals surface area contributed by atoms with Gasteiger partial charge in [-0.05, 0) is 73.8 Å². The highest BCUT2D eigenvalue weighted by atomic mass is 16.1. The number of carbonyl (C=O) groups excluding carboxylic acids is 1. The van der Waals surface area contributed by atoms with Gasteiger partial charge in [-0.25, -0.2) is 4.98 Å². The van der Waals surface area contributed by atoms with E-state index >= 15 is 0 Å². The molecule has 119 valence electrons. The summed E-state index contributed by atoms with van der Waals surface area (Å²) in [6, 6.07) is 3.72. The first-order valence-corrected chi connectivity index (χ1v) is 8.82. The zero-order chi connectivity index (χ0) is 15.4. The first kappa shape index (κ1) is 13.6. The van der Waals surface area contributed by atoms with Crippen molar-refractivity contribution in [1.82, 2.24) is 14.7 Å². The van der Waals surface area contributed by atoms with E-state index in [0.29, 0.717) is 11.0 Å². The molecule has 0 atom stereocenters. The lowest BCUT2D eigenvalue weighted by atomic mass is 9.49. The molecule has 0 aromatic carbocycles. The van der Waals surface area contributed by atoms with Crippen LogP contribution >= 0.6 is 0 Å². The summed E-state index contributed by atoms with van der Waals surface area (Å²) in [5.41, 5.74) is 1.91. The molecular weight excluding hydrogens is 286 g/mol. The highest BCUT2D eigenvalue weighted by Gasteiger charge is 2.50. The SMILES string of the molecule is O=C(NCC12CC3CC(CC(C3)C1)C2)c1ccc2n[c]cn2c1. The maximum atomic E-state index is 12.5. The lowest BCUT2D eigenvalue weighted by Gasteiger charge is -2.56. The van der Waals surface area contributed by atoms with E-state index in [2.05, 4.69) is 16.5 Å². The molecule has 2 aromatic heterocycles. The van der Waals surface area contributed by atoms with Gasteiger partial charge in [0.25, 0.3) is 5.91 Å². The summed E-state index contributed by atoms with van der Waals surface area (Å²) in [5.74, 6) is 2.82. The fourth-order valence-corrected chi connectivity index (χ4v) is 5.88. The maximum Gasteiger partial charge on any atom is 0.252 e. The number of nitrogens with one attached hydrogen (secondary N) is 1. The third-order valence-electron chi connectivity index (χ3n) is 6.38. The van der Waals surface area contributed by atoms with Gasteiger partial charge in [0, 0.05) is 18.9 Å². The number of nitrogens with zero attached hydrogens (tertiary/aromatic N) is 2. The highest BCUT2D eigenvalue weighted by molar-refractivity contribution is 5.94. The molecule has 0 aliphatic heterocycles. The Morgan fingerprint density at radius 1 is 1.22 bits per heavy atom. The highest BCUT2D eigenvalue weighted by Crippen LogP contribution is 2.59. The molecule has 4 aliphatic carbocycles. The quantitative estimate of drug-likeness (QED) is 0.947. The largest absolute Gasteiger partial charge is 0.351 e. The van der Waals surface area contributed by atoms with Crippen LogP contribution in [0.15, 0.2) is 24.5 Å². The molecule has 0 spiro atoms. The minimum Gasteiger partial charge on any atom is -0.351 e. The molecule has 4 heteroatoms. The van der Waals surface area contributed by atoms with E-state index < -0.39 is 0 Å². The van der Waals surface area contributed by atoms with Gasteiger partial charge in [0.15, 0.2) is 0 Å². The van der Waals surface area contributed by atoms with Gasteiger partial charge in [0.2, 0.25) is 0 Å². The van der Waals surface area contributed by atoms with Crippen molar-refractivity contribution in [2.24, 2.45) is 23.2 Å². The van der Waals surface area contributed by atoms with E-state index in [9.17, 15) is 4.79 Å². The number of aromatic nitrogens is 2. The van der Waals surface area contributed by atoms with Crippen molar-refractivity contribution < 1.29 is 4.79 Å². The second kappa shape index (κ2) is 4.83. The van der Waals surface area contributed by atoms with Crippen molar-refractivity contribution in [3.8, 4) is 0 Å². The number of rotatable bonds is 3. The van der Waals surface area contributed by atoms with Crippen LogP contribution in [0.3, 0.4) is 0 Å². The van der Waals surface area contributed by atoms with E-state index in [1.54, 1.807) is 6.20 Å². The summed E-state index contributed by atoms with van der Waals surface area (Å²) in [6.45, 7) is 0.851. The van der Waals surface area contributed by atoms with Crippen LogP contribution < -0.4 is 5.32 Å². The Morgan fingerprint density at radius 2 is 1.91 bits per heavy atom. The Bertz CT molecular complexity index is 728. The van der Waals surface area contributed by atoms with Gasteiger partial charge in [0.1, 0.15) is 11.8 Å². The standard InChI is InChI=1S/C19H22N3O/c23-18(16-1-2-17-20-3-4-22(17)11-16)21-12-19-8-13-5-14(9-19)7-15(6-13)10-19/h1-2,4,11,13-15H,5-10,12H2,(H,21,23). The molecule has 1 amide bonds. The average molecular weight is 308 g/mol. The van der Waals surface area contributed by atoms with Crippen molar-refractivity contribution in [3.63, 3.8) is 0 Å². The predicted molar refractivity (Wildman–Crippen MR) is 87.0 cm³/mol. The molecule has 1 N–H and O–H groups in total. The molecule has 4 aliphatic rings. The number of imidazole rings is 1. The normalized spacial score (nSPS) is 34.9. The van der Waals surface area contributed by atoms with Crippen LogP contribution in [-0.4, -0.2) is 21.8 Å². The zero-order valence-corrected chi connectivity index (χ0v) is 13.3.